The summed E-state index contributed by atoms with van der Waals surface area (Å²) >= 11 is 15.4. The number of thioether (sulfide) groups is 1. The lowest BCUT2D eigenvalue weighted by atomic mass is 10.1. The van der Waals surface area contributed by atoms with Crippen molar-refractivity contribution in [3.8, 4) is 0 Å². The largest absolute Gasteiger partial charge is 0.342 e. The maximum Gasteiger partial charge on any atom is 0.251 e. The van der Waals surface area contributed by atoms with E-state index in [0.29, 0.717) is 26.6 Å². The Morgan fingerprint density at radius 1 is 1.12 bits per heavy atom. The van der Waals surface area contributed by atoms with E-state index in [-0.39, 0.29) is 17.6 Å². The highest BCUT2D eigenvalue weighted by molar-refractivity contribution is 14.1. The standard InChI is InChI=1S/C22H22Cl2IN5O2S/c1-11-7-15(25)8-12(2)19(11)27-18(31)10-33-22-29-28-20(30(22)4)13(3)26-21(32)14-5-6-16(23)17(24)9-14/h5-9,13H,10H2,1-4H3,(H,26,32)(H,27,31)/t13-/m1/s1. The number of carbonyl (C=O) groups is 2. The summed E-state index contributed by atoms with van der Waals surface area (Å²) in [6, 6.07) is 8.33. The number of aromatic nitrogens is 3. The molecular weight excluding hydrogens is 596 g/mol. The van der Waals surface area contributed by atoms with Gasteiger partial charge in [-0.2, -0.15) is 0 Å². The molecule has 174 valence electrons. The third-order valence-electron chi connectivity index (χ3n) is 4.88. The summed E-state index contributed by atoms with van der Waals surface area (Å²) in [5.74, 6) is 0.315. The van der Waals surface area contributed by atoms with E-state index in [9.17, 15) is 9.59 Å². The zero-order chi connectivity index (χ0) is 24.3. The van der Waals surface area contributed by atoms with Crippen molar-refractivity contribution in [1.82, 2.24) is 20.1 Å². The Kier molecular flexibility index (Phi) is 8.65. The van der Waals surface area contributed by atoms with Crippen LogP contribution in [0.3, 0.4) is 0 Å². The normalized spacial score (nSPS) is 11.8. The third kappa shape index (κ3) is 6.40. The second-order valence-electron chi connectivity index (χ2n) is 7.48. The Morgan fingerprint density at radius 2 is 1.79 bits per heavy atom. The van der Waals surface area contributed by atoms with Crippen molar-refractivity contribution in [3.63, 3.8) is 0 Å². The summed E-state index contributed by atoms with van der Waals surface area (Å²) < 4.78 is 2.89. The van der Waals surface area contributed by atoms with Gasteiger partial charge in [-0.3, -0.25) is 9.59 Å². The van der Waals surface area contributed by atoms with E-state index in [1.165, 1.54) is 17.8 Å². The zero-order valence-electron chi connectivity index (χ0n) is 18.4. The average molecular weight is 618 g/mol. The van der Waals surface area contributed by atoms with Gasteiger partial charge in [0, 0.05) is 21.9 Å². The first-order valence-electron chi connectivity index (χ1n) is 9.91. The Balaban J connectivity index is 1.61. The topological polar surface area (TPSA) is 88.9 Å². The highest BCUT2D eigenvalue weighted by Gasteiger charge is 2.20. The first kappa shape index (κ1) is 25.8. The zero-order valence-corrected chi connectivity index (χ0v) is 22.9. The lowest BCUT2D eigenvalue weighted by Crippen LogP contribution is -2.28. The number of halogens is 3. The molecule has 2 N–H and O–H groups in total. The number of carbonyl (C=O) groups excluding carboxylic acids is 2. The number of rotatable bonds is 7. The lowest BCUT2D eigenvalue weighted by Gasteiger charge is -2.14. The van der Waals surface area contributed by atoms with Crippen molar-refractivity contribution in [1.29, 1.82) is 0 Å². The van der Waals surface area contributed by atoms with E-state index < -0.39 is 6.04 Å². The SMILES string of the molecule is Cc1cc(I)cc(C)c1NC(=O)CSc1nnc([C@@H](C)NC(=O)c2ccc(Cl)c(Cl)c2)n1C. The summed E-state index contributed by atoms with van der Waals surface area (Å²) in [6.45, 7) is 5.75. The highest BCUT2D eigenvalue weighted by atomic mass is 127. The summed E-state index contributed by atoms with van der Waals surface area (Å²) in [5, 5.41) is 15.5. The van der Waals surface area contributed by atoms with Crippen LogP contribution in [0, 0.1) is 17.4 Å². The van der Waals surface area contributed by atoms with Gasteiger partial charge in [0.05, 0.1) is 21.8 Å². The molecule has 11 heteroatoms. The molecule has 0 bridgehead atoms. The molecule has 0 saturated carbocycles. The minimum atomic E-state index is -0.412. The summed E-state index contributed by atoms with van der Waals surface area (Å²) in [6.07, 6.45) is 0. The molecule has 0 fully saturated rings. The van der Waals surface area contributed by atoms with Crippen molar-refractivity contribution < 1.29 is 9.59 Å². The molecule has 0 aliphatic carbocycles. The molecule has 33 heavy (non-hydrogen) atoms. The fourth-order valence-electron chi connectivity index (χ4n) is 3.22. The van der Waals surface area contributed by atoms with Crippen LogP contribution in [0.25, 0.3) is 0 Å². The molecule has 1 atom stereocenters. The molecule has 1 heterocycles. The molecule has 0 spiro atoms. The van der Waals surface area contributed by atoms with Crippen LogP contribution in [-0.2, 0) is 11.8 Å². The monoisotopic (exact) mass is 617 g/mol. The molecule has 7 nitrogen and oxygen atoms in total. The van der Waals surface area contributed by atoms with Gasteiger partial charge >= 0.3 is 0 Å². The third-order valence-corrected chi connectivity index (χ3v) is 7.26. The molecular formula is C22H22Cl2IN5O2S. The van der Waals surface area contributed by atoms with Gasteiger partial charge < -0.3 is 15.2 Å². The van der Waals surface area contributed by atoms with E-state index in [0.717, 1.165) is 20.4 Å². The molecule has 0 aliphatic heterocycles. The van der Waals surface area contributed by atoms with Gasteiger partial charge in [-0.1, -0.05) is 35.0 Å². The van der Waals surface area contributed by atoms with E-state index in [1.54, 1.807) is 23.7 Å². The van der Waals surface area contributed by atoms with Gasteiger partial charge in [-0.05, 0) is 84.8 Å². The molecule has 1 aromatic heterocycles. The number of amides is 2. The fraction of sp³-hybridized carbons (Fsp3) is 0.273. The van der Waals surface area contributed by atoms with Gasteiger partial charge in [0.2, 0.25) is 5.91 Å². The first-order chi connectivity index (χ1) is 15.6. The number of hydrogen-bond acceptors (Lipinski definition) is 5. The van der Waals surface area contributed by atoms with Crippen molar-refractivity contribution >= 4 is 75.1 Å². The number of benzene rings is 2. The van der Waals surface area contributed by atoms with E-state index in [2.05, 4.69) is 43.4 Å². The molecule has 2 amide bonds. The predicted molar refractivity (Wildman–Crippen MR) is 141 cm³/mol. The second kappa shape index (κ2) is 11.1. The van der Waals surface area contributed by atoms with Crippen molar-refractivity contribution in [3.05, 3.63) is 66.5 Å². The van der Waals surface area contributed by atoms with Crippen molar-refractivity contribution in [2.75, 3.05) is 11.1 Å². The van der Waals surface area contributed by atoms with Gasteiger partial charge in [0.25, 0.3) is 5.91 Å². The molecule has 0 saturated heterocycles. The lowest BCUT2D eigenvalue weighted by molar-refractivity contribution is -0.113. The van der Waals surface area contributed by atoms with Gasteiger partial charge in [-0.25, -0.2) is 0 Å². The molecule has 2 aromatic carbocycles. The number of anilines is 1. The second-order valence-corrected chi connectivity index (χ2v) is 10.5. The smallest absolute Gasteiger partial charge is 0.251 e. The number of aryl methyl sites for hydroxylation is 2. The van der Waals surface area contributed by atoms with Crippen LogP contribution in [0.5, 0.6) is 0 Å². The van der Waals surface area contributed by atoms with E-state index >= 15 is 0 Å². The van der Waals surface area contributed by atoms with Gasteiger partial charge in [-0.15, -0.1) is 10.2 Å². The summed E-state index contributed by atoms with van der Waals surface area (Å²) in [5.41, 5.74) is 3.26. The molecule has 3 rings (SSSR count). The Hall–Kier alpha value is -1.82. The molecule has 0 radical (unpaired) electrons. The highest BCUT2D eigenvalue weighted by Crippen LogP contribution is 2.25. The molecule has 0 aliphatic rings. The van der Waals surface area contributed by atoms with Crippen LogP contribution in [0.2, 0.25) is 10.0 Å². The minimum absolute atomic E-state index is 0.127. The van der Waals surface area contributed by atoms with E-state index in [4.69, 9.17) is 23.2 Å². The van der Waals surface area contributed by atoms with Crippen LogP contribution in [0.1, 0.15) is 40.3 Å². The molecule has 0 unspecified atom stereocenters. The van der Waals surface area contributed by atoms with Gasteiger partial charge in [0.1, 0.15) is 0 Å². The van der Waals surface area contributed by atoms with Gasteiger partial charge in [0.15, 0.2) is 11.0 Å². The van der Waals surface area contributed by atoms with Crippen molar-refractivity contribution in [2.24, 2.45) is 7.05 Å². The average Bonchev–Trinajstić information content (AvgIpc) is 3.11. The van der Waals surface area contributed by atoms with E-state index in [1.807, 2.05) is 32.9 Å². The summed E-state index contributed by atoms with van der Waals surface area (Å²) in [4.78, 5) is 25.1. The fourth-order valence-corrected chi connectivity index (χ4v) is 5.17. The minimum Gasteiger partial charge on any atom is -0.342 e. The van der Waals surface area contributed by atoms with Crippen LogP contribution < -0.4 is 10.6 Å². The van der Waals surface area contributed by atoms with Crippen LogP contribution in [-0.4, -0.2) is 32.3 Å². The number of nitrogens with one attached hydrogen (secondary N) is 2. The van der Waals surface area contributed by atoms with Crippen molar-refractivity contribution in [2.45, 2.75) is 32.0 Å². The first-order valence-corrected chi connectivity index (χ1v) is 12.7. The quantitative estimate of drug-likeness (QED) is 0.267. The Labute approximate surface area is 220 Å². The summed E-state index contributed by atoms with van der Waals surface area (Å²) in [7, 11) is 1.80. The predicted octanol–water partition coefficient (Wildman–Crippen LogP) is 5.57. The maximum absolute atomic E-state index is 12.5. The van der Waals surface area contributed by atoms with Crippen LogP contribution in [0.4, 0.5) is 5.69 Å². The number of hydrogen-bond donors (Lipinski definition) is 2. The van der Waals surface area contributed by atoms with Crippen LogP contribution >= 0.6 is 57.6 Å². The Morgan fingerprint density at radius 3 is 2.42 bits per heavy atom. The van der Waals surface area contributed by atoms with Crippen LogP contribution in [0.15, 0.2) is 35.5 Å². The number of nitrogens with zero attached hydrogens (tertiary/aromatic N) is 3. The molecule has 3 aromatic rings. The Bertz CT molecular complexity index is 1190. The maximum atomic E-state index is 12.5.